The fraction of sp³-hybridized carbons (Fsp3) is 0.316. The van der Waals surface area contributed by atoms with E-state index in [1.54, 1.807) is 12.1 Å². The highest BCUT2D eigenvalue weighted by atomic mass is 35.5. The third-order valence-corrected chi connectivity index (χ3v) is 5.62. The van der Waals surface area contributed by atoms with E-state index in [0.717, 1.165) is 18.4 Å². The topological polar surface area (TPSA) is 75.3 Å². The minimum atomic E-state index is -3.74. The van der Waals surface area contributed by atoms with Crippen LogP contribution in [0, 0.1) is 6.92 Å². The Kier molecular flexibility index (Phi) is 6.67. The average molecular weight is 395 g/mol. The molecule has 2 N–H and O–H groups in total. The Hall–Kier alpha value is -2.05. The number of sulfonamides is 1. The molecule has 0 saturated carbocycles. The Labute approximate surface area is 159 Å². The molecule has 7 heteroatoms. The van der Waals surface area contributed by atoms with Gasteiger partial charge in [0.15, 0.2) is 0 Å². The van der Waals surface area contributed by atoms with E-state index in [9.17, 15) is 13.2 Å². The summed E-state index contributed by atoms with van der Waals surface area (Å²) in [6.07, 6.45) is 1.80. The molecule has 0 aliphatic rings. The van der Waals surface area contributed by atoms with Crippen LogP contribution in [0.2, 0.25) is 5.02 Å². The van der Waals surface area contributed by atoms with Crippen LogP contribution >= 0.6 is 11.6 Å². The number of halogens is 1. The van der Waals surface area contributed by atoms with Crippen molar-refractivity contribution in [1.29, 1.82) is 0 Å². The summed E-state index contributed by atoms with van der Waals surface area (Å²) in [5.41, 5.74) is 1.48. The number of nitrogens with one attached hydrogen (secondary N) is 2. The van der Waals surface area contributed by atoms with E-state index in [1.807, 2.05) is 20.8 Å². The van der Waals surface area contributed by atoms with Crippen LogP contribution in [0.1, 0.15) is 42.6 Å². The molecule has 0 unspecified atom stereocenters. The van der Waals surface area contributed by atoms with E-state index in [4.69, 9.17) is 11.6 Å². The number of hydrogen-bond donors (Lipinski definition) is 2. The molecule has 0 saturated heterocycles. The van der Waals surface area contributed by atoms with Crippen LogP contribution in [-0.2, 0) is 10.0 Å². The van der Waals surface area contributed by atoms with Gasteiger partial charge >= 0.3 is 0 Å². The summed E-state index contributed by atoms with van der Waals surface area (Å²) in [6.45, 7) is 5.84. The number of benzene rings is 2. The number of amides is 1. The molecule has 0 heterocycles. The Bertz CT molecular complexity index is 880. The maximum absolute atomic E-state index is 12.5. The van der Waals surface area contributed by atoms with Crippen molar-refractivity contribution in [3.8, 4) is 0 Å². The Morgan fingerprint density at radius 1 is 1.15 bits per heavy atom. The third kappa shape index (κ3) is 5.22. The maximum atomic E-state index is 12.5. The van der Waals surface area contributed by atoms with E-state index in [2.05, 4.69) is 10.0 Å². The van der Waals surface area contributed by atoms with Crippen molar-refractivity contribution in [1.82, 2.24) is 5.32 Å². The Balaban J connectivity index is 2.23. The van der Waals surface area contributed by atoms with Crippen LogP contribution in [0.5, 0.6) is 0 Å². The van der Waals surface area contributed by atoms with Gasteiger partial charge in [-0.1, -0.05) is 42.6 Å². The van der Waals surface area contributed by atoms with Crippen molar-refractivity contribution in [3.63, 3.8) is 0 Å². The van der Waals surface area contributed by atoms with Gasteiger partial charge in [0.25, 0.3) is 15.9 Å². The normalized spacial score (nSPS) is 12.5. The number of hydrogen-bond acceptors (Lipinski definition) is 3. The SMILES string of the molecule is CCC[C@@H](C)NC(=O)c1cc(NS(=O)(=O)c2ccc(C)cc2)ccc1Cl. The average Bonchev–Trinajstić information content (AvgIpc) is 2.57. The first kappa shape index (κ1) is 20.3. The van der Waals surface area contributed by atoms with Crippen LogP contribution in [0.15, 0.2) is 47.4 Å². The van der Waals surface area contributed by atoms with Crippen molar-refractivity contribution >= 4 is 33.2 Å². The quantitative estimate of drug-likeness (QED) is 0.732. The van der Waals surface area contributed by atoms with Gasteiger partial charge in [0.2, 0.25) is 0 Å². The van der Waals surface area contributed by atoms with E-state index in [-0.39, 0.29) is 33.1 Å². The molecule has 0 bridgehead atoms. The molecule has 2 rings (SSSR count). The maximum Gasteiger partial charge on any atom is 0.261 e. The highest BCUT2D eigenvalue weighted by molar-refractivity contribution is 7.92. The molecule has 140 valence electrons. The molecule has 1 amide bonds. The van der Waals surface area contributed by atoms with Gasteiger partial charge in [0.1, 0.15) is 0 Å². The summed E-state index contributed by atoms with van der Waals surface area (Å²) >= 11 is 6.12. The van der Waals surface area contributed by atoms with Gasteiger partial charge in [-0.05, 0) is 50.6 Å². The molecule has 0 spiro atoms. The smallest absolute Gasteiger partial charge is 0.261 e. The summed E-state index contributed by atoms with van der Waals surface area (Å²) in [6, 6.07) is 11.0. The standard InChI is InChI=1S/C19H23ClN2O3S/c1-4-5-14(3)21-19(23)17-12-15(8-11-18(17)20)22-26(24,25)16-9-6-13(2)7-10-16/h6-12,14,22H,4-5H2,1-3H3,(H,21,23)/t14-/m1/s1. The summed E-state index contributed by atoms with van der Waals surface area (Å²) < 4.78 is 27.5. The molecule has 0 radical (unpaired) electrons. The molecule has 0 fully saturated rings. The van der Waals surface area contributed by atoms with Crippen molar-refractivity contribution in [2.24, 2.45) is 0 Å². The second kappa shape index (κ2) is 8.56. The van der Waals surface area contributed by atoms with E-state index >= 15 is 0 Å². The highest BCUT2D eigenvalue weighted by Gasteiger charge is 2.17. The van der Waals surface area contributed by atoms with E-state index in [1.165, 1.54) is 30.3 Å². The molecule has 2 aromatic carbocycles. The lowest BCUT2D eigenvalue weighted by Gasteiger charge is -2.15. The first-order valence-electron chi connectivity index (χ1n) is 8.43. The molecule has 26 heavy (non-hydrogen) atoms. The number of anilines is 1. The van der Waals surface area contributed by atoms with Crippen molar-refractivity contribution in [2.45, 2.75) is 44.6 Å². The van der Waals surface area contributed by atoms with Gasteiger partial charge in [0, 0.05) is 11.7 Å². The summed E-state index contributed by atoms with van der Waals surface area (Å²) in [4.78, 5) is 12.6. The lowest BCUT2D eigenvalue weighted by atomic mass is 10.1. The van der Waals surface area contributed by atoms with Crippen LogP contribution in [0.25, 0.3) is 0 Å². The van der Waals surface area contributed by atoms with Crippen LogP contribution in [0.4, 0.5) is 5.69 Å². The number of carbonyl (C=O) groups excluding carboxylic acids is 1. The predicted octanol–water partition coefficient (Wildman–Crippen LogP) is 4.37. The fourth-order valence-electron chi connectivity index (χ4n) is 2.50. The summed E-state index contributed by atoms with van der Waals surface area (Å²) in [5, 5.41) is 3.13. The molecule has 2 aromatic rings. The molecule has 5 nitrogen and oxygen atoms in total. The molecular formula is C19H23ClN2O3S. The van der Waals surface area contributed by atoms with Crippen LogP contribution in [-0.4, -0.2) is 20.4 Å². The first-order valence-corrected chi connectivity index (χ1v) is 10.3. The van der Waals surface area contributed by atoms with Crippen molar-refractivity contribution in [3.05, 3.63) is 58.6 Å². The second-order valence-electron chi connectivity index (χ2n) is 6.28. The van der Waals surface area contributed by atoms with Crippen molar-refractivity contribution < 1.29 is 13.2 Å². The zero-order chi connectivity index (χ0) is 19.3. The minimum absolute atomic E-state index is 0.0106. The third-order valence-electron chi connectivity index (χ3n) is 3.89. The lowest BCUT2D eigenvalue weighted by molar-refractivity contribution is 0.0938. The Morgan fingerprint density at radius 2 is 1.81 bits per heavy atom. The van der Waals surface area contributed by atoms with Crippen molar-refractivity contribution in [2.75, 3.05) is 4.72 Å². The van der Waals surface area contributed by atoms with Gasteiger partial charge in [0.05, 0.1) is 15.5 Å². The van der Waals surface area contributed by atoms with Gasteiger partial charge in [-0.3, -0.25) is 9.52 Å². The largest absolute Gasteiger partial charge is 0.350 e. The van der Waals surface area contributed by atoms with Gasteiger partial charge in [-0.2, -0.15) is 0 Å². The van der Waals surface area contributed by atoms with E-state index in [0.29, 0.717) is 0 Å². The molecule has 0 aliphatic heterocycles. The molecule has 0 aliphatic carbocycles. The zero-order valence-electron chi connectivity index (χ0n) is 15.0. The van der Waals surface area contributed by atoms with Gasteiger partial charge in [-0.25, -0.2) is 8.42 Å². The summed E-state index contributed by atoms with van der Waals surface area (Å²) in [5.74, 6) is -0.327. The molecule has 0 aromatic heterocycles. The monoisotopic (exact) mass is 394 g/mol. The molecule has 1 atom stereocenters. The second-order valence-corrected chi connectivity index (χ2v) is 8.37. The van der Waals surface area contributed by atoms with Gasteiger partial charge < -0.3 is 5.32 Å². The number of rotatable bonds is 7. The van der Waals surface area contributed by atoms with Gasteiger partial charge in [-0.15, -0.1) is 0 Å². The zero-order valence-corrected chi connectivity index (χ0v) is 16.6. The predicted molar refractivity (Wildman–Crippen MR) is 105 cm³/mol. The van der Waals surface area contributed by atoms with E-state index < -0.39 is 10.0 Å². The number of aryl methyl sites for hydroxylation is 1. The first-order chi connectivity index (χ1) is 12.2. The fourth-order valence-corrected chi connectivity index (χ4v) is 3.75. The summed E-state index contributed by atoms with van der Waals surface area (Å²) in [7, 11) is -3.74. The Morgan fingerprint density at radius 3 is 2.42 bits per heavy atom. The number of carbonyl (C=O) groups is 1. The minimum Gasteiger partial charge on any atom is -0.350 e. The highest BCUT2D eigenvalue weighted by Crippen LogP contribution is 2.23. The lowest BCUT2D eigenvalue weighted by Crippen LogP contribution is -2.32. The molecular weight excluding hydrogens is 372 g/mol. The van der Waals surface area contributed by atoms with Crippen LogP contribution < -0.4 is 10.0 Å². The van der Waals surface area contributed by atoms with Crippen LogP contribution in [0.3, 0.4) is 0 Å².